The largest absolute Gasteiger partial charge is 0.481 e. The number of hydrogen-bond acceptors (Lipinski definition) is 1. The van der Waals surface area contributed by atoms with Gasteiger partial charge in [-0.05, 0) is 61.7 Å². The zero-order valence-corrected chi connectivity index (χ0v) is 12.6. The highest BCUT2D eigenvalue weighted by atomic mass is 79.9. The van der Waals surface area contributed by atoms with Crippen LogP contribution in [-0.2, 0) is 0 Å². The maximum atomic E-state index is 5.99. The summed E-state index contributed by atoms with van der Waals surface area (Å²) in [6, 6.07) is 14.2. The smallest absolute Gasteiger partial charge is 0.142 e. The lowest BCUT2D eigenvalue weighted by atomic mass is 10.0. The Bertz CT molecular complexity index is 620. The van der Waals surface area contributed by atoms with Gasteiger partial charge in [-0.2, -0.15) is 0 Å². The minimum Gasteiger partial charge on any atom is -0.481 e. The van der Waals surface area contributed by atoms with Gasteiger partial charge in [-0.15, -0.1) is 0 Å². The monoisotopic (exact) mass is 364 g/mol. The van der Waals surface area contributed by atoms with E-state index in [1.54, 1.807) is 0 Å². The number of hydrogen-bond donors (Lipinski definition) is 0. The molecule has 1 aliphatic rings. The van der Waals surface area contributed by atoms with Crippen molar-refractivity contribution in [3.63, 3.8) is 0 Å². The van der Waals surface area contributed by atoms with Crippen LogP contribution in [0.5, 0.6) is 5.75 Å². The molecule has 2 aromatic rings. The van der Waals surface area contributed by atoms with E-state index in [4.69, 9.17) is 4.74 Å². The number of para-hydroxylation sites is 1. The Morgan fingerprint density at radius 3 is 2.61 bits per heavy atom. The second-order valence-corrected chi connectivity index (χ2v) is 5.82. The van der Waals surface area contributed by atoms with Crippen molar-refractivity contribution in [3.8, 4) is 5.75 Å². The van der Waals surface area contributed by atoms with Crippen LogP contribution in [0, 0.1) is 0 Å². The molecule has 0 N–H and O–H groups in total. The average Bonchev–Trinajstić information content (AvgIpc) is 2.41. The Labute approximate surface area is 123 Å². The van der Waals surface area contributed by atoms with E-state index in [1.807, 2.05) is 24.3 Å². The topological polar surface area (TPSA) is 9.23 Å². The molecular weight excluding hydrogens is 356 g/mol. The summed E-state index contributed by atoms with van der Waals surface area (Å²) in [7, 11) is 0. The third-order valence-electron chi connectivity index (χ3n) is 2.90. The van der Waals surface area contributed by atoms with Gasteiger partial charge in [0.25, 0.3) is 0 Å². The van der Waals surface area contributed by atoms with Crippen LogP contribution in [-0.4, -0.2) is 0 Å². The maximum Gasteiger partial charge on any atom is 0.142 e. The van der Waals surface area contributed by atoms with Crippen molar-refractivity contribution < 1.29 is 4.74 Å². The highest BCUT2D eigenvalue weighted by Crippen LogP contribution is 2.34. The van der Waals surface area contributed by atoms with E-state index in [1.165, 1.54) is 0 Å². The molecule has 3 heteroatoms. The zero-order chi connectivity index (χ0) is 12.5. The first-order valence-corrected chi connectivity index (χ1v) is 7.21. The number of ether oxygens (including phenoxy) is 1. The van der Waals surface area contributed by atoms with E-state index < -0.39 is 0 Å². The molecule has 1 nitrogen and oxygen atoms in total. The standard InChI is InChI=1S/C15H10Br2O/c16-12-7-5-11(9-13(12)17)15-8-6-10-3-1-2-4-14(10)18-15/h1-9,15H. The molecule has 0 bridgehead atoms. The lowest BCUT2D eigenvalue weighted by Crippen LogP contribution is -2.08. The second-order valence-electron chi connectivity index (χ2n) is 4.11. The Morgan fingerprint density at radius 2 is 1.78 bits per heavy atom. The lowest BCUT2D eigenvalue weighted by molar-refractivity contribution is 0.251. The molecule has 18 heavy (non-hydrogen) atoms. The molecule has 1 aliphatic heterocycles. The molecule has 0 fully saturated rings. The molecule has 1 heterocycles. The van der Waals surface area contributed by atoms with Gasteiger partial charge in [0, 0.05) is 14.5 Å². The van der Waals surface area contributed by atoms with E-state index in [-0.39, 0.29) is 6.10 Å². The van der Waals surface area contributed by atoms with Crippen LogP contribution in [0.15, 0.2) is 57.5 Å². The molecule has 0 saturated heterocycles. The van der Waals surface area contributed by atoms with E-state index in [2.05, 4.69) is 62.2 Å². The Kier molecular flexibility index (Phi) is 3.27. The van der Waals surface area contributed by atoms with Crippen molar-refractivity contribution in [1.29, 1.82) is 0 Å². The van der Waals surface area contributed by atoms with Gasteiger partial charge in [-0.1, -0.05) is 30.3 Å². The van der Waals surface area contributed by atoms with Gasteiger partial charge in [0.15, 0.2) is 0 Å². The van der Waals surface area contributed by atoms with Gasteiger partial charge in [0.2, 0.25) is 0 Å². The molecule has 0 aromatic heterocycles. The molecule has 0 amide bonds. The summed E-state index contributed by atoms with van der Waals surface area (Å²) >= 11 is 6.99. The van der Waals surface area contributed by atoms with Crippen molar-refractivity contribution >= 4 is 37.9 Å². The van der Waals surface area contributed by atoms with Crippen LogP contribution in [0.3, 0.4) is 0 Å². The fraction of sp³-hybridized carbons (Fsp3) is 0.0667. The van der Waals surface area contributed by atoms with Crippen molar-refractivity contribution in [3.05, 3.63) is 68.6 Å². The molecular formula is C15H10Br2O. The fourth-order valence-corrected chi connectivity index (χ4v) is 2.60. The van der Waals surface area contributed by atoms with Crippen molar-refractivity contribution in [2.45, 2.75) is 6.10 Å². The quantitative estimate of drug-likeness (QED) is 0.661. The normalized spacial score (nSPS) is 17.1. The molecule has 3 rings (SSSR count). The van der Waals surface area contributed by atoms with Crippen LogP contribution in [0.2, 0.25) is 0 Å². The molecule has 1 atom stereocenters. The minimum absolute atomic E-state index is 0.0238. The maximum absolute atomic E-state index is 5.99. The van der Waals surface area contributed by atoms with Crippen molar-refractivity contribution in [2.75, 3.05) is 0 Å². The van der Waals surface area contributed by atoms with Gasteiger partial charge >= 0.3 is 0 Å². The number of benzene rings is 2. The highest BCUT2D eigenvalue weighted by Gasteiger charge is 2.16. The molecule has 0 aliphatic carbocycles. The molecule has 0 radical (unpaired) electrons. The summed E-state index contributed by atoms with van der Waals surface area (Å²) < 4.78 is 8.08. The number of fused-ring (bicyclic) bond motifs is 1. The SMILES string of the molecule is Brc1ccc(C2C=Cc3ccccc3O2)cc1Br. The summed E-state index contributed by atoms with van der Waals surface area (Å²) in [4.78, 5) is 0. The predicted molar refractivity (Wildman–Crippen MR) is 80.7 cm³/mol. The van der Waals surface area contributed by atoms with E-state index in [0.717, 1.165) is 25.8 Å². The third kappa shape index (κ3) is 2.25. The van der Waals surface area contributed by atoms with Gasteiger partial charge in [0.1, 0.15) is 11.9 Å². The summed E-state index contributed by atoms with van der Waals surface area (Å²) in [5.41, 5.74) is 2.26. The number of halogens is 2. The Morgan fingerprint density at radius 1 is 0.944 bits per heavy atom. The van der Waals surface area contributed by atoms with Gasteiger partial charge in [0.05, 0.1) is 0 Å². The summed E-state index contributed by atoms with van der Waals surface area (Å²) in [5.74, 6) is 0.934. The zero-order valence-electron chi connectivity index (χ0n) is 9.44. The minimum atomic E-state index is -0.0238. The Hall–Kier alpha value is -1.06. The van der Waals surface area contributed by atoms with E-state index in [9.17, 15) is 0 Å². The molecule has 0 saturated carbocycles. The lowest BCUT2D eigenvalue weighted by Gasteiger charge is -2.22. The van der Waals surface area contributed by atoms with Crippen LogP contribution in [0.25, 0.3) is 6.08 Å². The first-order valence-electron chi connectivity index (χ1n) is 5.63. The molecule has 2 aromatic carbocycles. The molecule has 90 valence electrons. The molecule has 0 spiro atoms. The third-order valence-corrected chi connectivity index (χ3v) is 4.78. The first kappa shape index (κ1) is 12.0. The van der Waals surface area contributed by atoms with Crippen LogP contribution in [0.4, 0.5) is 0 Å². The van der Waals surface area contributed by atoms with Gasteiger partial charge < -0.3 is 4.74 Å². The summed E-state index contributed by atoms with van der Waals surface area (Å²) in [6.45, 7) is 0. The summed E-state index contributed by atoms with van der Waals surface area (Å²) in [5, 5.41) is 0. The highest BCUT2D eigenvalue weighted by molar-refractivity contribution is 9.13. The first-order chi connectivity index (χ1) is 8.74. The predicted octanol–water partition coefficient (Wildman–Crippen LogP) is 5.36. The van der Waals surface area contributed by atoms with Crippen molar-refractivity contribution in [2.24, 2.45) is 0 Å². The molecule has 1 unspecified atom stereocenters. The Balaban J connectivity index is 1.94. The van der Waals surface area contributed by atoms with E-state index >= 15 is 0 Å². The van der Waals surface area contributed by atoms with Gasteiger partial charge in [-0.25, -0.2) is 0 Å². The fourth-order valence-electron chi connectivity index (χ4n) is 1.96. The van der Waals surface area contributed by atoms with E-state index in [0.29, 0.717) is 0 Å². The second kappa shape index (κ2) is 4.90. The van der Waals surface area contributed by atoms with Crippen LogP contribution < -0.4 is 4.74 Å². The van der Waals surface area contributed by atoms with Crippen LogP contribution >= 0.6 is 31.9 Å². The van der Waals surface area contributed by atoms with Gasteiger partial charge in [-0.3, -0.25) is 0 Å². The van der Waals surface area contributed by atoms with Crippen LogP contribution in [0.1, 0.15) is 17.2 Å². The average molecular weight is 366 g/mol. The van der Waals surface area contributed by atoms with Crippen molar-refractivity contribution in [1.82, 2.24) is 0 Å². The number of rotatable bonds is 1. The summed E-state index contributed by atoms with van der Waals surface area (Å²) in [6.07, 6.45) is 4.17.